The molecular formula is C11H12N2O2. The van der Waals surface area contributed by atoms with Gasteiger partial charge in [-0.1, -0.05) is 6.07 Å². The molecular weight excluding hydrogens is 192 g/mol. The first-order chi connectivity index (χ1) is 7.20. The van der Waals surface area contributed by atoms with E-state index in [-0.39, 0.29) is 5.69 Å². The number of H-pyrrole nitrogens is 1. The normalized spacial score (nSPS) is 10.5. The standard InChI is InChI=1S/C11H12N2O2/c1-2-12-8-4-3-7-5-10(11(14)15)13-9(7)6-8/h3-6,12-13H,2H2,1H3,(H,14,15). The Labute approximate surface area is 86.9 Å². The van der Waals surface area contributed by atoms with Crippen molar-refractivity contribution >= 4 is 22.6 Å². The van der Waals surface area contributed by atoms with Crippen LogP contribution in [0, 0.1) is 0 Å². The SMILES string of the molecule is CCNc1ccc2cc(C(=O)O)[nH]c2c1. The van der Waals surface area contributed by atoms with Crippen molar-refractivity contribution in [2.24, 2.45) is 0 Å². The van der Waals surface area contributed by atoms with Crippen LogP contribution in [0.5, 0.6) is 0 Å². The number of benzene rings is 1. The maximum Gasteiger partial charge on any atom is 0.352 e. The van der Waals surface area contributed by atoms with E-state index >= 15 is 0 Å². The first-order valence-electron chi connectivity index (χ1n) is 4.80. The van der Waals surface area contributed by atoms with Crippen molar-refractivity contribution in [1.29, 1.82) is 0 Å². The van der Waals surface area contributed by atoms with E-state index in [2.05, 4.69) is 10.3 Å². The number of aromatic nitrogens is 1. The second kappa shape index (κ2) is 3.65. The lowest BCUT2D eigenvalue weighted by Gasteiger charge is -2.01. The zero-order valence-corrected chi connectivity index (χ0v) is 8.37. The van der Waals surface area contributed by atoms with Gasteiger partial charge in [0.2, 0.25) is 0 Å². The molecule has 1 heterocycles. The largest absolute Gasteiger partial charge is 0.477 e. The highest BCUT2D eigenvalue weighted by Gasteiger charge is 2.06. The topological polar surface area (TPSA) is 65.1 Å². The van der Waals surface area contributed by atoms with Crippen molar-refractivity contribution in [2.45, 2.75) is 6.92 Å². The Morgan fingerprint density at radius 1 is 1.47 bits per heavy atom. The summed E-state index contributed by atoms with van der Waals surface area (Å²) in [5.41, 5.74) is 2.05. The number of aromatic amines is 1. The fourth-order valence-corrected chi connectivity index (χ4v) is 1.56. The van der Waals surface area contributed by atoms with Crippen LogP contribution < -0.4 is 5.32 Å². The molecule has 0 spiro atoms. The van der Waals surface area contributed by atoms with Crippen LogP contribution in [0.3, 0.4) is 0 Å². The van der Waals surface area contributed by atoms with E-state index in [1.165, 1.54) is 0 Å². The molecule has 4 heteroatoms. The lowest BCUT2D eigenvalue weighted by Crippen LogP contribution is -1.96. The van der Waals surface area contributed by atoms with Crippen LogP contribution in [0.25, 0.3) is 10.9 Å². The number of carboxylic acids is 1. The third kappa shape index (κ3) is 1.79. The van der Waals surface area contributed by atoms with Gasteiger partial charge in [-0.15, -0.1) is 0 Å². The average Bonchev–Trinajstić information content (AvgIpc) is 2.61. The van der Waals surface area contributed by atoms with Gasteiger partial charge in [-0.3, -0.25) is 0 Å². The van der Waals surface area contributed by atoms with E-state index in [4.69, 9.17) is 5.11 Å². The summed E-state index contributed by atoms with van der Waals surface area (Å²) in [5, 5.41) is 12.9. The van der Waals surface area contributed by atoms with E-state index in [1.807, 2.05) is 25.1 Å². The molecule has 15 heavy (non-hydrogen) atoms. The summed E-state index contributed by atoms with van der Waals surface area (Å²) in [7, 11) is 0. The highest BCUT2D eigenvalue weighted by molar-refractivity contribution is 5.94. The Hall–Kier alpha value is -1.97. The minimum absolute atomic E-state index is 0.221. The van der Waals surface area contributed by atoms with Gasteiger partial charge in [0.25, 0.3) is 0 Å². The fraction of sp³-hybridized carbons (Fsp3) is 0.182. The highest BCUT2D eigenvalue weighted by Crippen LogP contribution is 2.19. The molecule has 1 aromatic carbocycles. The number of aromatic carboxylic acids is 1. The van der Waals surface area contributed by atoms with Crippen LogP contribution in [0.1, 0.15) is 17.4 Å². The van der Waals surface area contributed by atoms with Crippen molar-refractivity contribution in [1.82, 2.24) is 4.98 Å². The predicted molar refractivity (Wildman–Crippen MR) is 59.4 cm³/mol. The monoisotopic (exact) mass is 204 g/mol. The Kier molecular flexibility index (Phi) is 2.33. The third-order valence-electron chi connectivity index (χ3n) is 2.23. The number of rotatable bonds is 3. The molecule has 0 fully saturated rings. The van der Waals surface area contributed by atoms with E-state index in [9.17, 15) is 4.79 Å². The Morgan fingerprint density at radius 3 is 2.93 bits per heavy atom. The van der Waals surface area contributed by atoms with E-state index in [0.717, 1.165) is 23.1 Å². The average molecular weight is 204 g/mol. The molecule has 2 aromatic rings. The molecule has 0 atom stereocenters. The number of carboxylic acid groups (broad SMARTS) is 1. The summed E-state index contributed by atoms with van der Waals surface area (Å²) < 4.78 is 0. The minimum atomic E-state index is -0.934. The number of anilines is 1. The summed E-state index contributed by atoms with van der Waals surface area (Å²) in [6.45, 7) is 2.86. The van der Waals surface area contributed by atoms with Crippen LogP contribution in [0.2, 0.25) is 0 Å². The lowest BCUT2D eigenvalue weighted by atomic mass is 10.2. The van der Waals surface area contributed by atoms with Crippen LogP contribution in [-0.4, -0.2) is 22.6 Å². The third-order valence-corrected chi connectivity index (χ3v) is 2.23. The maximum absolute atomic E-state index is 10.7. The van der Waals surface area contributed by atoms with Gasteiger partial charge >= 0.3 is 5.97 Å². The summed E-state index contributed by atoms with van der Waals surface area (Å²) >= 11 is 0. The smallest absolute Gasteiger partial charge is 0.352 e. The predicted octanol–water partition coefficient (Wildman–Crippen LogP) is 2.30. The molecule has 0 aliphatic heterocycles. The lowest BCUT2D eigenvalue weighted by molar-refractivity contribution is 0.0691. The van der Waals surface area contributed by atoms with Gasteiger partial charge in [0.1, 0.15) is 5.69 Å². The van der Waals surface area contributed by atoms with Gasteiger partial charge < -0.3 is 15.4 Å². The molecule has 4 nitrogen and oxygen atoms in total. The number of carbonyl (C=O) groups is 1. The number of hydrogen-bond acceptors (Lipinski definition) is 2. The van der Waals surface area contributed by atoms with Crippen LogP contribution >= 0.6 is 0 Å². The fourth-order valence-electron chi connectivity index (χ4n) is 1.56. The summed E-state index contributed by atoms with van der Waals surface area (Å²) in [5.74, 6) is -0.934. The molecule has 0 radical (unpaired) electrons. The molecule has 0 aliphatic rings. The maximum atomic E-state index is 10.7. The van der Waals surface area contributed by atoms with Crippen molar-refractivity contribution in [2.75, 3.05) is 11.9 Å². The summed E-state index contributed by atoms with van der Waals surface area (Å²) in [4.78, 5) is 13.6. The van der Waals surface area contributed by atoms with Crippen molar-refractivity contribution in [3.63, 3.8) is 0 Å². The first-order valence-corrected chi connectivity index (χ1v) is 4.80. The van der Waals surface area contributed by atoms with Gasteiger partial charge in [-0.05, 0) is 25.1 Å². The molecule has 0 bridgehead atoms. The van der Waals surface area contributed by atoms with Gasteiger partial charge in [-0.2, -0.15) is 0 Å². The Morgan fingerprint density at radius 2 is 2.27 bits per heavy atom. The number of fused-ring (bicyclic) bond motifs is 1. The van der Waals surface area contributed by atoms with E-state index in [1.54, 1.807) is 6.07 Å². The van der Waals surface area contributed by atoms with Crippen LogP contribution in [-0.2, 0) is 0 Å². The zero-order valence-electron chi connectivity index (χ0n) is 8.37. The Balaban J connectivity index is 2.47. The van der Waals surface area contributed by atoms with Gasteiger partial charge in [-0.25, -0.2) is 4.79 Å². The molecule has 0 aliphatic carbocycles. The molecule has 2 rings (SSSR count). The molecule has 0 unspecified atom stereocenters. The zero-order chi connectivity index (χ0) is 10.8. The molecule has 0 amide bonds. The molecule has 1 aromatic heterocycles. The molecule has 0 saturated carbocycles. The van der Waals surface area contributed by atoms with E-state index in [0.29, 0.717) is 0 Å². The van der Waals surface area contributed by atoms with Gasteiger partial charge in [0.15, 0.2) is 0 Å². The highest BCUT2D eigenvalue weighted by atomic mass is 16.4. The quantitative estimate of drug-likeness (QED) is 0.718. The second-order valence-electron chi connectivity index (χ2n) is 3.32. The van der Waals surface area contributed by atoms with Crippen LogP contribution in [0.15, 0.2) is 24.3 Å². The number of hydrogen-bond donors (Lipinski definition) is 3. The molecule has 3 N–H and O–H groups in total. The molecule has 78 valence electrons. The van der Waals surface area contributed by atoms with Gasteiger partial charge in [0, 0.05) is 23.1 Å². The van der Waals surface area contributed by atoms with Gasteiger partial charge in [0.05, 0.1) is 0 Å². The number of nitrogens with one attached hydrogen (secondary N) is 2. The Bertz CT molecular complexity index is 502. The second-order valence-corrected chi connectivity index (χ2v) is 3.32. The first kappa shape index (κ1) is 9.58. The van der Waals surface area contributed by atoms with Crippen LogP contribution in [0.4, 0.5) is 5.69 Å². The van der Waals surface area contributed by atoms with Crippen molar-refractivity contribution in [3.05, 3.63) is 30.0 Å². The molecule has 0 saturated heterocycles. The minimum Gasteiger partial charge on any atom is -0.477 e. The van der Waals surface area contributed by atoms with Crippen molar-refractivity contribution in [3.8, 4) is 0 Å². The summed E-state index contributed by atoms with van der Waals surface area (Å²) in [6, 6.07) is 7.38. The van der Waals surface area contributed by atoms with Crippen molar-refractivity contribution < 1.29 is 9.90 Å². The summed E-state index contributed by atoms with van der Waals surface area (Å²) in [6.07, 6.45) is 0. The van der Waals surface area contributed by atoms with E-state index < -0.39 is 5.97 Å².